The molecule has 1 aliphatic rings. The summed E-state index contributed by atoms with van der Waals surface area (Å²) in [6, 6.07) is 16.2. The minimum Gasteiger partial charge on any atom is -0.385 e. The summed E-state index contributed by atoms with van der Waals surface area (Å²) < 4.78 is 27.1. The molecule has 1 heterocycles. The van der Waals surface area contributed by atoms with Crippen LogP contribution in [0.3, 0.4) is 0 Å². The number of fused-ring (bicyclic) bond motifs is 1. The van der Waals surface area contributed by atoms with Crippen molar-refractivity contribution in [1.82, 2.24) is 8.87 Å². The molecule has 2 aromatic carbocycles. The number of hydrogen-bond acceptors (Lipinski definition) is 6. The van der Waals surface area contributed by atoms with Gasteiger partial charge in [0, 0.05) is 23.8 Å². The maximum absolute atomic E-state index is 12.9. The van der Waals surface area contributed by atoms with Gasteiger partial charge >= 0.3 is 0 Å². The summed E-state index contributed by atoms with van der Waals surface area (Å²) >= 11 is 0. The number of nitrogens with one attached hydrogen (secondary N) is 1. The molecular formula is C27H33N3O4S. The smallest absolute Gasteiger partial charge is 0.268 e. The van der Waals surface area contributed by atoms with Crippen molar-refractivity contribution in [2.75, 3.05) is 32.5 Å². The number of para-hydroxylation sites is 1. The number of allylic oxidation sites excluding steroid dienone is 2. The summed E-state index contributed by atoms with van der Waals surface area (Å²) in [6.45, 7) is 3.73. The molecule has 0 spiro atoms. The third kappa shape index (κ3) is 6.91. The van der Waals surface area contributed by atoms with Gasteiger partial charge in [0.2, 0.25) is 0 Å². The van der Waals surface area contributed by atoms with Crippen LogP contribution in [0.25, 0.3) is 10.9 Å². The Bertz CT molecular complexity index is 1290. The van der Waals surface area contributed by atoms with Gasteiger partial charge in [0.15, 0.2) is 5.78 Å². The number of ketones is 1. The standard InChI is InChI=1S/C19H23N3O2S.C8H10O2/c1-21(2)14-5-13-20-17-8-10-18(11-9-17)25(23,24)22-15-12-16-6-3-4-7-19(16)22;1-2-8(10)5-3-7(9)4-6-8/h3-4,6-12,15,20H,5,13-14H2,1-2H3;3-6,10H,2H2,1H3. The minimum atomic E-state index is -3.59. The lowest BCUT2D eigenvalue weighted by Gasteiger charge is -2.19. The predicted molar refractivity (Wildman–Crippen MR) is 141 cm³/mol. The van der Waals surface area contributed by atoms with E-state index in [1.54, 1.807) is 18.3 Å². The number of hydrogen-bond donors (Lipinski definition) is 2. The fourth-order valence-electron chi connectivity index (χ4n) is 3.55. The van der Waals surface area contributed by atoms with Crippen LogP contribution >= 0.6 is 0 Å². The molecule has 0 unspecified atom stereocenters. The first-order valence-corrected chi connectivity index (χ1v) is 13.0. The Hall–Kier alpha value is -3.20. The van der Waals surface area contributed by atoms with Crippen molar-refractivity contribution in [3.63, 3.8) is 0 Å². The highest BCUT2D eigenvalue weighted by Crippen LogP contribution is 2.23. The van der Waals surface area contributed by atoms with Crippen LogP contribution in [-0.4, -0.2) is 61.0 Å². The quantitative estimate of drug-likeness (QED) is 0.458. The Morgan fingerprint density at radius 3 is 2.29 bits per heavy atom. The van der Waals surface area contributed by atoms with Gasteiger partial charge in [0.05, 0.1) is 10.4 Å². The van der Waals surface area contributed by atoms with Crippen LogP contribution in [-0.2, 0) is 14.8 Å². The van der Waals surface area contributed by atoms with Crippen LogP contribution in [0.2, 0.25) is 0 Å². The van der Waals surface area contributed by atoms with Crippen LogP contribution in [0.4, 0.5) is 5.69 Å². The van der Waals surface area contributed by atoms with Crippen molar-refractivity contribution in [3.05, 3.63) is 85.1 Å². The third-order valence-electron chi connectivity index (χ3n) is 5.72. The molecule has 0 aliphatic heterocycles. The molecule has 186 valence electrons. The van der Waals surface area contributed by atoms with Gasteiger partial charge < -0.3 is 15.3 Å². The predicted octanol–water partition coefficient (Wildman–Crippen LogP) is 4.06. The largest absolute Gasteiger partial charge is 0.385 e. The number of nitrogens with zero attached hydrogens (tertiary/aromatic N) is 2. The average Bonchev–Trinajstić information content (AvgIpc) is 3.30. The monoisotopic (exact) mass is 495 g/mol. The van der Waals surface area contributed by atoms with Gasteiger partial charge in [-0.1, -0.05) is 25.1 Å². The number of carbonyl (C=O) groups is 1. The van der Waals surface area contributed by atoms with E-state index in [-0.39, 0.29) is 10.7 Å². The molecule has 0 atom stereocenters. The molecule has 0 fully saturated rings. The molecule has 1 aromatic heterocycles. The van der Waals surface area contributed by atoms with Crippen molar-refractivity contribution in [2.24, 2.45) is 0 Å². The van der Waals surface area contributed by atoms with Crippen molar-refractivity contribution in [1.29, 1.82) is 0 Å². The van der Waals surface area contributed by atoms with Crippen LogP contribution in [0.15, 0.2) is 90.0 Å². The minimum absolute atomic E-state index is 0.0573. The highest BCUT2D eigenvalue weighted by Gasteiger charge is 2.20. The fourth-order valence-corrected chi connectivity index (χ4v) is 4.91. The van der Waals surface area contributed by atoms with Crippen LogP contribution in [0.5, 0.6) is 0 Å². The summed E-state index contributed by atoms with van der Waals surface area (Å²) in [5, 5.41) is 13.7. The number of aliphatic hydroxyl groups is 1. The van der Waals surface area contributed by atoms with Gasteiger partial charge in [-0.3, -0.25) is 4.79 Å². The van der Waals surface area contributed by atoms with Crippen molar-refractivity contribution in [2.45, 2.75) is 30.3 Å². The molecule has 0 saturated heterocycles. The Labute approximate surface area is 207 Å². The summed E-state index contributed by atoms with van der Waals surface area (Å²) in [5.41, 5.74) is 0.733. The SMILES string of the molecule is CCC1(O)C=CC(=O)C=C1.CN(C)CCCNc1ccc(S(=O)(=O)n2ccc3ccccc32)cc1. The lowest BCUT2D eigenvalue weighted by molar-refractivity contribution is -0.110. The van der Waals surface area contributed by atoms with Gasteiger partial charge in [-0.25, -0.2) is 12.4 Å². The molecule has 0 bridgehead atoms. The van der Waals surface area contributed by atoms with Crippen molar-refractivity contribution >= 4 is 32.4 Å². The van der Waals surface area contributed by atoms with E-state index >= 15 is 0 Å². The molecule has 2 N–H and O–H groups in total. The highest BCUT2D eigenvalue weighted by molar-refractivity contribution is 7.90. The molecule has 35 heavy (non-hydrogen) atoms. The Balaban J connectivity index is 0.000000287. The van der Waals surface area contributed by atoms with Gasteiger partial charge in [0.1, 0.15) is 5.60 Å². The van der Waals surface area contributed by atoms with E-state index in [2.05, 4.69) is 10.2 Å². The Kier molecular flexibility index (Phi) is 8.67. The Morgan fingerprint density at radius 2 is 1.66 bits per heavy atom. The summed E-state index contributed by atoms with van der Waals surface area (Å²) in [7, 11) is 0.499. The first-order chi connectivity index (χ1) is 16.6. The average molecular weight is 496 g/mol. The molecule has 7 nitrogen and oxygen atoms in total. The van der Waals surface area contributed by atoms with E-state index in [1.807, 2.05) is 63.5 Å². The van der Waals surface area contributed by atoms with E-state index in [1.165, 1.54) is 28.3 Å². The zero-order valence-electron chi connectivity index (χ0n) is 20.4. The fraction of sp³-hybridized carbons (Fsp3) is 0.296. The van der Waals surface area contributed by atoms with Crippen molar-refractivity contribution < 1.29 is 18.3 Å². The second-order valence-corrected chi connectivity index (χ2v) is 10.5. The van der Waals surface area contributed by atoms with Crippen LogP contribution in [0.1, 0.15) is 19.8 Å². The first-order valence-electron chi connectivity index (χ1n) is 11.6. The second kappa shape index (κ2) is 11.5. The van der Waals surface area contributed by atoms with E-state index < -0.39 is 15.6 Å². The highest BCUT2D eigenvalue weighted by atomic mass is 32.2. The first kappa shape index (κ1) is 26.4. The van der Waals surface area contributed by atoms with E-state index in [4.69, 9.17) is 0 Å². The zero-order chi connectivity index (χ0) is 25.5. The van der Waals surface area contributed by atoms with Crippen LogP contribution < -0.4 is 5.32 Å². The maximum Gasteiger partial charge on any atom is 0.268 e. The molecule has 0 radical (unpaired) electrons. The zero-order valence-corrected chi connectivity index (χ0v) is 21.2. The topological polar surface area (TPSA) is 91.6 Å². The van der Waals surface area contributed by atoms with Crippen molar-refractivity contribution in [3.8, 4) is 0 Å². The molecular weight excluding hydrogens is 462 g/mol. The van der Waals surface area contributed by atoms with Gasteiger partial charge in [-0.2, -0.15) is 0 Å². The number of benzene rings is 2. The maximum atomic E-state index is 12.9. The number of anilines is 1. The van der Waals surface area contributed by atoms with Gasteiger partial charge in [0.25, 0.3) is 10.0 Å². The number of aromatic nitrogens is 1. The summed E-state index contributed by atoms with van der Waals surface area (Å²) in [4.78, 5) is 13.0. The summed E-state index contributed by atoms with van der Waals surface area (Å²) in [5.74, 6) is -0.0573. The van der Waals surface area contributed by atoms with Gasteiger partial charge in [-0.05, 0) is 94.2 Å². The van der Waals surface area contributed by atoms with Crippen LogP contribution in [0, 0.1) is 0 Å². The third-order valence-corrected chi connectivity index (χ3v) is 7.43. The van der Waals surface area contributed by atoms with E-state index in [0.717, 1.165) is 30.6 Å². The summed E-state index contributed by atoms with van der Waals surface area (Å²) in [6.07, 6.45) is 9.07. The Morgan fingerprint density at radius 1 is 1.00 bits per heavy atom. The lowest BCUT2D eigenvalue weighted by atomic mass is 9.95. The number of rotatable bonds is 8. The molecule has 0 amide bonds. The number of carbonyl (C=O) groups excluding carboxylic acids is 1. The molecule has 3 aromatic rings. The molecule has 1 aliphatic carbocycles. The second-order valence-electron chi connectivity index (χ2n) is 8.70. The van der Waals surface area contributed by atoms with E-state index in [9.17, 15) is 18.3 Å². The lowest BCUT2D eigenvalue weighted by Crippen LogP contribution is -2.24. The molecule has 4 rings (SSSR count). The molecule has 8 heteroatoms. The van der Waals surface area contributed by atoms with E-state index in [0.29, 0.717) is 11.9 Å². The normalized spacial score (nSPS) is 14.7. The molecule has 0 saturated carbocycles. The van der Waals surface area contributed by atoms with Gasteiger partial charge in [-0.15, -0.1) is 0 Å².